The smallest absolute Gasteiger partial charge is 0.406 e. The molecule has 6 nitrogen and oxygen atoms in total. The minimum Gasteiger partial charge on any atom is -0.406 e. The lowest BCUT2D eigenvalue weighted by atomic mass is 9.89. The summed E-state index contributed by atoms with van der Waals surface area (Å²) in [5.41, 5.74) is 7.03. The zero-order chi connectivity index (χ0) is 20.6. The number of anilines is 1. The van der Waals surface area contributed by atoms with Crippen LogP contribution in [-0.2, 0) is 11.3 Å². The molecular formula is C20H23F3N4O2. The van der Waals surface area contributed by atoms with Crippen molar-refractivity contribution in [3.63, 3.8) is 0 Å². The Morgan fingerprint density at radius 1 is 1.17 bits per heavy atom. The van der Waals surface area contributed by atoms with Gasteiger partial charge in [-0.1, -0.05) is 18.6 Å². The van der Waals surface area contributed by atoms with Gasteiger partial charge in [-0.15, -0.1) is 13.2 Å². The van der Waals surface area contributed by atoms with Crippen LogP contribution in [0.25, 0.3) is 11.1 Å². The highest BCUT2D eigenvalue weighted by Crippen LogP contribution is 2.44. The van der Waals surface area contributed by atoms with E-state index in [4.69, 9.17) is 10.5 Å². The molecule has 0 spiro atoms. The van der Waals surface area contributed by atoms with E-state index in [9.17, 15) is 13.2 Å². The van der Waals surface area contributed by atoms with Crippen molar-refractivity contribution in [3.05, 3.63) is 42.4 Å². The third-order valence-electron chi connectivity index (χ3n) is 5.56. The van der Waals surface area contributed by atoms with Gasteiger partial charge in [0.25, 0.3) is 0 Å². The predicted molar refractivity (Wildman–Crippen MR) is 102 cm³/mol. The van der Waals surface area contributed by atoms with Crippen molar-refractivity contribution in [2.24, 2.45) is 5.73 Å². The van der Waals surface area contributed by atoms with Crippen molar-refractivity contribution in [1.82, 2.24) is 9.78 Å². The molecule has 2 N–H and O–H groups in total. The molecule has 2 aliphatic rings. The summed E-state index contributed by atoms with van der Waals surface area (Å²) >= 11 is 0. The monoisotopic (exact) mass is 408 g/mol. The third-order valence-corrected chi connectivity index (χ3v) is 5.56. The van der Waals surface area contributed by atoms with E-state index in [1.807, 2.05) is 11.0 Å². The Balaban J connectivity index is 1.79. The molecule has 9 heteroatoms. The number of nitrogens with zero attached hydrogens (tertiary/aromatic N) is 3. The summed E-state index contributed by atoms with van der Waals surface area (Å²) in [5, 5.41) is 4.44. The Labute approximate surface area is 166 Å². The second kappa shape index (κ2) is 7.29. The Kier molecular flexibility index (Phi) is 4.94. The fourth-order valence-corrected chi connectivity index (χ4v) is 4.26. The maximum absolute atomic E-state index is 12.7. The first kappa shape index (κ1) is 19.6. The number of alkyl halides is 3. The number of halogens is 3. The normalized spacial score (nSPS) is 18.9. The lowest BCUT2D eigenvalue weighted by molar-refractivity contribution is -0.274. The van der Waals surface area contributed by atoms with E-state index in [1.165, 1.54) is 18.2 Å². The van der Waals surface area contributed by atoms with Gasteiger partial charge < -0.3 is 15.2 Å². The Morgan fingerprint density at radius 2 is 1.93 bits per heavy atom. The van der Waals surface area contributed by atoms with E-state index >= 15 is 0 Å². The number of rotatable bonds is 4. The molecule has 0 unspecified atom stereocenters. The lowest BCUT2D eigenvalue weighted by Crippen LogP contribution is -2.54. The van der Waals surface area contributed by atoms with Crippen molar-refractivity contribution in [1.29, 1.82) is 0 Å². The second-order valence-electron chi connectivity index (χ2n) is 7.31. The maximum Gasteiger partial charge on any atom is 0.573 e. The number of methoxy groups -OCH3 is 1. The quantitative estimate of drug-likeness (QED) is 0.814. The SMILES string of the molecule is COC1(N2C(N)=CCn3ncc(-c4cccc(OC(F)(F)F)c4)c32)CCCCC1. The summed E-state index contributed by atoms with van der Waals surface area (Å²) in [6, 6.07) is 5.89. The number of benzene rings is 1. The van der Waals surface area contributed by atoms with Crippen LogP contribution in [0.5, 0.6) is 5.75 Å². The van der Waals surface area contributed by atoms with Gasteiger partial charge >= 0.3 is 6.36 Å². The van der Waals surface area contributed by atoms with Crippen LogP contribution in [0.3, 0.4) is 0 Å². The molecule has 156 valence electrons. The predicted octanol–water partition coefficient (Wildman–Crippen LogP) is 4.38. The number of allylic oxidation sites excluding steroid dienone is 1. The van der Waals surface area contributed by atoms with Gasteiger partial charge in [0.05, 0.1) is 12.7 Å². The molecule has 4 rings (SSSR count). The number of nitrogens with two attached hydrogens (primary N) is 1. The summed E-state index contributed by atoms with van der Waals surface area (Å²) in [5.74, 6) is 1.00. The van der Waals surface area contributed by atoms with Gasteiger partial charge in [0.2, 0.25) is 0 Å². The van der Waals surface area contributed by atoms with Crippen molar-refractivity contribution in [2.75, 3.05) is 12.0 Å². The molecule has 1 saturated carbocycles. The van der Waals surface area contributed by atoms with Crippen LogP contribution in [0.4, 0.5) is 19.0 Å². The first-order valence-electron chi connectivity index (χ1n) is 9.56. The van der Waals surface area contributed by atoms with E-state index in [2.05, 4.69) is 9.84 Å². The minimum absolute atomic E-state index is 0.278. The number of ether oxygens (including phenoxy) is 2. The highest BCUT2D eigenvalue weighted by Gasteiger charge is 2.43. The van der Waals surface area contributed by atoms with Gasteiger partial charge in [0.1, 0.15) is 23.1 Å². The molecule has 0 atom stereocenters. The number of fused-ring (bicyclic) bond motifs is 1. The van der Waals surface area contributed by atoms with E-state index in [1.54, 1.807) is 24.1 Å². The summed E-state index contributed by atoms with van der Waals surface area (Å²) in [6.07, 6.45) is 3.53. The van der Waals surface area contributed by atoms with Gasteiger partial charge in [-0.3, -0.25) is 4.90 Å². The fraction of sp³-hybridized carbons (Fsp3) is 0.450. The van der Waals surface area contributed by atoms with Crippen molar-refractivity contribution >= 4 is 5.82 Å². The van der Waals surface area contributed by atoms with E-state index in [0.29, 0.717) is 23.5 Å². The molecular weight excluding hydrogens is 385 g/mol. The summed E-state index contributed by atoms with van der Waals surface area (Å²) in [7, 11) is 1.67. The molecule has 1 aliphatic heterocycles. The Morgan fingerprint density at radius 3 is 2.62 bits per heavy atom. The number of hydrogen-bond donors (Lipinski definition) is 1. The van der Waals surface area contributed by atoms with Crippen LogP contribution >= 0.6 is 0 Å². The average Bonchev–Trinajstić information content (AvgIpc) is 3.11. The molecule has 2 aromatic rings. The van der Waals surface area contributed by atoms with Gasteiger partial charge in [0.15, 0.2) is 0 Å². The van der Waals surface area contributed by atoms with E-state index < -0.39 is 12.1 Å². The molecule has 0 bridgehead atoms. The van der Waals surface area contributed by atoms with Gasteiger partial charge in [-0.2, -0.15) is 5.10 Å². The molecule has 0 amide bonds. The van der Waals surface area contributed by atoms with Gasteiger partial charge in [0, 0.05) is 12.7 Å². The topological polar surface area (TPSA) is 65.5 Å². The molecule has 1 aromatic carbocycles. The van der Waals surface area contributed by atoms with E-state index in [0.717, 1.165) is 37.9 Å². The molecule has 2 heterocycles. The molecule has 29 heavy (non-hydrogen) atoms. The molecule has 0 saturated heterocycles. The van der Waals surface area contributed by atoms with Crippen LogP contribution in [0.15, 0.2) is 42.4 Å². The number of hydrogen-bond acceptors (Lipinski definition) is 5. The second-order valence-corrected chi connectivity index (χ2v) is 7.31. The summed E-state index contributed by atoms with van der Waals surface area (Å²) in [6.45, 7) is 0.482. The standard InChI is InChI=1S/C20H23F3N4O2/c1-28-19(9-3-2-4-10-19)27-17(24)8-11-26-18(27)16(13-25-26)14-6-5-7-15(12-14)29-20(21,22)23/h5-8,12-13H,2-4,9-11,24H2,1H3. The van der Waals surface area contributed by atoms with E-state index in [-0.39, 0.29) is 5.75 Å². The molecule has 1 aromatic heterocycles. The minimum atomic E-state index is -4.75. The Hall–Kier alpha value is -2.68. The summed E-state index contributed by atoms with van der Waals surface area (Å²) in [4.78, 5) is 1.95. The van der Waals surface area contributed by atoms with Crippen LogP contribution in [0.2, 0.25) is 0 Å². The average molecular weight is 408 g/mol. The highest BCUT2D eigenvalue weighted by molar-refractivity contribution is 5.79. The molecule has 1 fully saturated rings. The van der Waals surface area contributed by atoms with Crippen LogP contribution in [0.1, 0.15) is 32.1 Å². The highest BCUT2D eigenvalue weighted by atomic mass is 19.4. The van der Waals surface area contributed by atoms with Crippen molar-refractivity contribution in [2.45, 2.75) is 50.7 Å². The van der Waals surface area contributed by atoms with Crippen LogP contribution < -0.4 is 15.4 Å². The first-order valence-corrected chi connectivity index (χ1v) is 9.56. The van der Waals surface area contributed by atoms with Gasteiger partial charge in [-0.05, 0) is 49.5 Å². The summed E-state index contributed by atoms with van der Waals surface area (Å²) < 4.78 is 49.8. The zero-order valence-corrected chi connectivity index (χ0v) is 16.1. The Bertz CT molecular complexity index is 917. The fourth-order valence-electron chi connectivity index (χ4n) is 4.26. The van der Waals surface area contributed by atoms with Crippen molar-refractivity contribution < 1.29 is 22.6 Å². The maximum atomic E-state index is 12.7. The third kappa shape index (κ3) is 3.66. The van der Waals surface area contributed by atoms with Gasteiger partial charge in [-0.25, -0.2) is 4.68 Å². The molecule has 1 aliphatic carbocycles. The first-order chi connectivity index (χ1) is 13.8. The molecule has 0 radical (unpaired) electrons. The lowest BCUT2D eigenvalue weighted by Gasteiger charge is -2.47. The van der Waals surface area contributed by atoms with Crippen LogP contribution in [0, 0.1) is 0 Å². The largest absolute Gasteiger partial charge is 0.573 e. The van der Waals surface area contributed by atoms with Crippen molar-refractivity contribution in [3.8, 4) is 16.9 Å². The van der Waals surface area contributed by atoms with Crippen LogP contribution in [-0.4, -0.2) is 29.0 Å². The zero-order valence-electron chi connectivity index (χ0n) is 16.1. The number of aromatic nitrogens is 2.